The smallest absolute Gasteiger partial charge is 0.266 e. The Morgan fingerprint density at radius 3 is 2.36 bits per heavy atom. The molecule has 22 heavy (non-hydrogen) atoms. The average molecular weight is 314 g/mol. The molecule has 2 aromatic rings. The molecular formula is C18H18O3S. The second-order valence-corrected chi connectivity index (χ2v) is 6.48. The van der Waals surface area contributed by atoms with Crippen molar-refractivity contribution in [3.8, 4) is 11.8 Å². The minimum atomic E-state index is -3.66. The molecule has 4 heteroatoms. The van der Waals surface area contributed by atoms with Crippen LogP contribution in [0.25, 0.3) is 0 Å². The summed E-state index contributed by atoms with van der Waals surface area (Å²) >= 11 is 0. The molecule has 0 aliphatic heterocycles. The summed E-state index contributed by atoms with van der Waals surface area (Å²) in [7, 11) is -3.66. The zero-order valence-corrected chi connectivity index (χ0v) is 13.3. The van der Waals surface area contributed by atoms with Gasteiger partial charge in [0, 0.05) is 12.0 Å². The molecule has 0 saturated carbocycles. The van der Waals surface area contributed by atoms with E-state index in [2.05, 4.69) is 11.8 Å². The fraction of sp³-hybridized carbons (Fsp3) is 0.222. The Bertz CT molecular complexity index is 751. The Labute approximate surface area is 132 Å². The Kier molecular flexibility index (Phi) is 5.76. The van der Waals surface area contributed by atoms with Gasteiger partial charge in [0.25, 0.3) is 10.1 Å². The van der Waals surface area contributed by atoms with Gasteiger partial charge in [-0.3, -0.25) is 4.18 Å². The van der Waals surface area contributed by atoms with Gasteiger partial charge in [-0.15, -0.1) is 0 Å². The highest BCUT2D eigenvalue weighted by molar-refractivity contribution is 7.86. The zero-order valence-electron chi connectivity index (χ0n) is 12.5. The van der Waals surface area contributed by atoms with E-state index < -0.39 is 10.1 Å². The lowest BCUT2D eigenvalue weighted by atomic mass is 10.2. The lowest BCUT2D eigenvalue weighted by Gasteiger charge is -2.04. The van der Waals surface area contributed by atoms with Crippen LogP contribution in [0.4, 0.5) is 0 Å². The maximum Gasteiger partial charge on any atom is 0.296 e. The minimum Gasteiger partial charge on any atom is -0.266 e. The first-order valence-electron chi connectivity index (χ1n) is 7.08. The molecule has 0 unspecified atom stereocenters. The molecule has 3 nitrogen and oxygen atoms in total. The predicted octanol–water partition coefficient (Wildman–Crippen LogP) is 3.53. The Morgan fingerprint density at radius 1 is 1.00 bits per heavy atom. The summed E-state index contributed by atoms with van der Waals surface area (Å²) in [5.41, 5.74) is 1.96. The highest BCUT2D eigenvalue weighted by Gasteiger charge is 2.13. The third-order valence-corrected chi connectivity index (χ3v) is 4.33. The number of hydrogen-bond acceptors (Lipinski definition) is 3. The third-order valence-electron chi connectivity index (χ3n) is 3.00. The topological polar surface area (TPSA) is 43.4 Å². The van der Waals surface area contributed by atoms with Crippen LogP contribution in [0.5, 0.6) is 0 Å². The number of hydrogen-bond donors (Lipinski definition) is 0. The van der Waals surface area contributed by atoms with Crippen LogP contribution in [0.15, 0.2) is 59.5 Å². The maximum atomic E-state index is 11.9. The van der Waals surface area contributed by atoms with Gasteiger partial charge in [-0.05, 0) is 37.6 Å². The van der Waals surface area contributed by atoms with Crippen LogP contribution in [-0.2, 0) is 14.3 Å². The number of benzene rings is 2. The average Bonchev–Trinajstić information content (AvgIpc) is 2.52. The van der Waals surface area contributed by atoms with Gasteiger partial charge in [-0.25, -0.2) is 0 Å². The number of aryl methyl sites for hydroxylation is 1. The second-order valence-electron chi connectivity index (χ2n) is 4.86. The van der Waals surface area contributed by atoms with Gasteiger partial charge in [-0.2, -0.15) is 8.42 Å². The molecule has 0 aliphatic carbocycles. The van der Waals surface area contributed by atoms with E-state index >= 15 is 0 Å². The van der Waals surface area contributed by atoms with Gasteiger partial charge in [0.05, 0.1) is 11.5 Å². The molecule has 0 spiro atoms. The van der Waals surface area contributed by atoms with Crippen molar-refractivity contribution in [2.75, 3.05) is 6.61 Å². The normalized spacial score (nSPS) is 10.8. The van der Waals surface area contributed by atoms with Gasteiger partial charge in [0.2, 0.25) is 0 Å². The Morgan fingerprint density at radius 2 is 1.68 bits per heavy atom. The summed E-state index contributed by atoms with van der Waals surface area (Å²) in [5, 5.41) is 0. The van der Waals surface area contributed by atoms with Crippen LogP contribution in [-0.4, -0.2) is 15.0 Å². The molecule has 0 aromatic heterocycles. The van der Waals surface area contributed by atoms with E-state index in [-0.39, 0.29) is 11.5 Å². The van der Waals surface area contributed by atoms with E-state index in [1.807, 2.05) is 37.3 Å². The Hall–Kier alpha value is -2.09. The van der Waals surface area contributed by atoms with Crippen molar-refractivity contribution in [3.05, 3.63) is 65.7 Å². The van der Waals surface area contributed by atoms with E-state index in [9.17, 15) is 8.42 Å². The van der Waals surface area contributed by atoms with Crippen molar-refractivity contribution in [1.82, 2.24) is 0 Å². The van der Waals surface area contributed by atoms with Crippen molar-refractivity contribution in [2.24, 2.45) is 0 Å². The monoisotopic (exact) mass is 314 g/mol. The summed E-state index contributed by atoms with van der Waals surface area (Å²) < 4.78 is 28.9. The molecule has 2 rings (SSSR count). The third kappa shape index (κ3) is 5.03. The fourth-order valence-corrected chi connectivity index (χ4v) is 2.73. The van der Waals surface area contributed by atoms with Crippen molar-refractivity contribution < 1.29 is 12.6 Å². The molecule has 0 heterocycles. The number of unbranched alkanes of at least 4 members (excludes halogenated alkanes) is 1. The highest BCUT2D eigenvalue weighted by Crippen LogP contribution is 2.13. The van der Waals surface area contributed by atoms with Gasteiger partial charge in [0.1, 0.15) is 0 Å². The SMILES string of the molecule is Cc1ccc(S(=O)(=O)OCCCC#Cc2ccccc2)cc1. The molecule has 0 atom stereocenters. The summed E-state index contributed by atoms with van der Waals surface area (Å²) in [6.45, 7) is 2.04. The Balaban J connectivity index is 1.79. The van der Waals surface area contributed by atoms with Crippen molar-refractivity contribution >= 4 is 10.1 Å². The molecule has 0 radical (unpaired) electrons. The first-order valence-corrected chi connectivity index (χ1v) is 8.49. The summed E-state index contributed by atoms with van der Waals surface area (Å²) in [6.07, 6.45) is 1.17. The second kappa shape index (κ2) is 7.79. The van der Waals surface area contributed by atoms with E-state index in [1.165, 1.54) is 0 Å². The lowest BCUT2D eigenvalue weighted by molar-refractivity contribution is 0.314. The van der Waals surface area contributed by atoms with Crippen molar-refractivity contribution in [1.29, 1.82) is 0 Å². The van der Waals surface area contributed by atoms with E-state index in [1.54, 1.807) is 24.3 Å². The molecule has 0 saturated heterocycles. The van der Waals surface area contributed by atoms with Crippen molar-refractivity contribution in [2.45, 2.75) is 24.7 Å². The zero-order chi connectivity index (χ0) is 15.8. The van der Waals surface area contributed by atoms with E-state index in [0.29, 0.717) is 12.8 Å². The largest absolute Gasteiger partial charge is 0.296 e. The summed E-state index contributed by atoms with van der Waals surface area (Å²) in [5.74, 6) is 6.04. The maximum absolute atomic E-state index is 11.9. The van der Waals surface area contributed by atoms with Crippen LogP contribution in [0, 0.1) is 18.8 Å². The van der Waals surface area contributed by atoms with Crippen LogP contribution in [0.2, 0.25) is 0 Å². The van der Waals surface area contributed by atoms with Gasteiger partial charge in [0.15, 0.2) is 0 Å². The molecule has 0 amide bonds. The van der Waals surface area contributed by atoms with E-state index in [4.69, 9.17) is 4.18 Å². The van der Waals surface area contributed by atoms with Crippen LogP contribution < -0.4 is 0 Å². The minimum absolute atomic E-state index is 0.139. The lowest BCUT2D eigenvalue weighted by Crippen LogP contribution is -2.07. The first kappa shape index (κ1) is 16.3. The molecular weight excluding hydrogens is 296 g/mol. The fourth-order valence-electron chi connectivity index (χ4n) is 1.79. The van der Waals surface area contributed by atoms with Crippen LogP contribution in [0.1, 0.15) is 24.0 Å². The molecule has 114 valence electrons. The van der Waals surface area contributed by atoms with Crippen molar-refractivity contribution in [3.63, 3.8) is 0 Å². The molecule has 2 aromatic carbocycles. The number of rotatable bonds is 5. The quantitative estimate of drug-likeness (QED) is 0.482. The predicted molar refractivity (Wildman–Crippen MR) is 86.9 cm³/mol. The molecule has 0 bridgehead atoms. The molecule has 0 N–H and O–H groups in total. The van der Waals surface area contributed by atoms with Gasteiger partial charge in [-0.1, -0.05) is 47.7 Å². The highest BCUT2D eigenvalue weighted by atomic mass is 32.2. The summed E-state index contributed by atoms with van der Waals surface area (Å²) in [6, 6.07) is 16.3. The summed E-state index contributed by atoms with van der Waals surface area (Å²) in [4.78, 5) is 0.188. The van der Waals surface area contributed by atoms with E-state index in [0.717, 1.165) is 11.1 Å². The van der Waals surface area contributed by atoms with Crippen LogP contribution >= 0.6 is 0 Å². The van der Waals surface area contributed by atoms with Gasteiger partial charge >= 0.3 is 0 Å². The van der Waals surface area contributed by atoms with Crippen LogP contribution in [0.3, 0.4) is 0 Å². The van der Waals surface area contributed by atoms with Gasteiger partial charge < -0.3 is 0 Å². The standard InChI is InChI=1S/C18H18O3S/c1-16-11-13-18(14-12-16)22(19,20)21-15-7-3-6-10-17-8-4-2-5-9-17/h2,4-5,8-9,11-14H,3,7,15H2,1H3. The molecule has 0 fully saturated rings. The first-order chi connectivity index (χ1) is 10.6. The molecule has 0 aliphatic rings.